The summed E-state index contributed by atoms with van der Waals surface area (Å²) in [6.45, 7) is 1.99. The van der Waals surface area contributed by atoms with Gasteiger partial charge >= 0.3 is 59.6 Å². The number of hydrogen-bond acceptors (Lipinski definition) is 2. The van der Waals surface area contributed by atoms with E-state index in [0.717, 1.165) is 5.75 Å². The van der Waals surface area contributed by atoms with E-state index in [1.807, 2.05) is 6.92 Å². The van der Waals surface area contributed by atoms with Crippen molar-refractivity contribution in [3.63, 3.8) is 0 Å². The maximum absolute atomic E-state index is 8.74. The Bertz CT molecular complexity index is 49.8. The molecule has 0 spiro atoms. The van der Waals surface area contributed by atoms with Crippen LogP contribution in [0, 0.1) is 0 Å². The van der Waals surface area contributed by atoms with Crippen LogP contribution in [0.3, 0.4) is 0 Å². The van der Waals surface area contributed by atoms with E-state index in [-0.39, 0.29) is 56.9 Å². The summed E-state index contributed by atoms with van der Waals surface area (Å²) in [5, 5.41) is 0. The fourth-order valence-corrected chi connectivity index (χ4v) is 0. The van der Waals surface area contributed by atoms with Crippen molar-refractivity contribution in [1.29, 1.82) is 0 Å². The first-order chi connectivity index (χ1) is 3.15. The van der Waals surface area contributed by atoms with Gasteiger partial charge in [0.2, 0.25) is 0 Å². The van der Waals surface area contributed by atoms with Gasteiger partial charge in [-0.15, -0.1) is 0 Å². The van der Waals surface area contributed by atoms with Crippen molar-refractivity contribution in [1.82, 2.24) is 0 Å². The minimum atomic E-state index is -3.13. The quantitative estimate of drug-likeness (QED) is 0.262. The maximum atomic E-state index is 8.74. The molecular formula is C2H12KO4PS. The van der Waals surface area contributed by atoms with E-state index in [0.29, 0.717) is 0 Å². The Balaban J connectivity index is -0.0000000233. The van der Waals surface area contributed by atoms with Crippen molar-refractivity contribution in [2.24, 2.45) is 0 Å². The molecule has 0 saturated carbocycles. The van der Waals surface area contributed by atoms with Gasteiger partial charge in [-0.3, -0.25) is 4.57 Å². The standard InChI is InChI=1S/C2H6S.K.H3O3P.H2O.H/c1-2-3;;1-4(2)3;;/h3H,2H2,1H3;;4H,(H2,1,2,3);1H2;. The van der Waals surface area contributed by atoms with Crippen LogP contribution in [0.5, 0.6) is 0 Å². The van der Waals surface area contributed by atoms with Crippen molar-refractivity contribution in [3.05, 3.63) is 0 Å². The van der Waals surface area contributed by atoms with Gasteiger partial charge in [0.15, 0.2) is 0 Å². The zero-order chi connectivity index (χ0) is 6.28. The molecule has 0 unspecified atom stereocenters. The Labute approximate surface area is 103 Å². The van der Waals surface area contributed by atoms with Gasteiger partial charge in [0.05, 0.1) is 0 Å². The first-order valence-corrected chi connectivity index (χ1v) is 3.61. The number of rotatable bonds is 0. The van der Waals surface area contributed by atoms with Gasteiger partial charge in [-0.25, -0.2) is 0 Å². The van der Waals surface area contributed by atoms with Crippen LogP contribution in [0.4, 0.5) is 0 Å². The van der Waals surface area contributed by atoms with Crippen LogP contribution in [0.1, 0.15) is 6.92 Å². The summed E-state index contributed by atoms with van der Waals surface area (Å²) in [6, 6.07) is 0. The molecule has 4 N–H and O–H groups in total. The van der Waals surface area contributed by atoms with Crippen LogP contribution >= 0.6 is 20.9 Å². The molecule has 0 bridgehead atoms. The molecule has 0 amide bonds. The molecule has 7 heteroatoms. The van der Waals surface area contributed by atoms with Crippen LogP contribution < -0.4 is 0 Å². The second-order valence-corrected chi connectivity index (χ2v) is 1.80. The molecule has 9 heavy (non-hydrogen) atoms. The van der Waals surface area contributed by atoms with E-state index in [9.17, 15) is 0 Å². The normalized spacial score (nSPS) is 5.89. The van der Waals surface area contributed by atoms with E-state index in [2.05, 4.69) is 12.6 Å². The predicted molar refractivity (Wildman–Crippen MR) is 43.7 cm³/mol. The Hall–Kier alpha value is 2.10. The summed E-state index contributed by atoms with van der Waals surface area (Å²) in [4.78, 5) is 14.3. The van der Waals surface area contributed by atoms with Gasteiger partial charge in [0.1, 0.15) is 0 Å². The SMILES string of the molecule is CCS.O.O=[PH](O)O.[KH]. The molecule has 0 aliphatic rings. The third-order valence-corrected chi connectivity index (χ3v) is 0. The zero-order valence-corrected chi connectivity index (χ0v) is 6.35. The van der Waals surface area contributed by atoms with E-state index in [1.54, 1.807) is 0 Å². The fraction of sp³-hybridized carbons (Fsp3) is 1.00. The van der Waals surface area contributed by atoms with Crippen LogP contribution in [-0.4, -0.2) is 72.4 Å². The number of thiol groups is 1. The van der Waals surface area contributed by atoms with E-state index >= 15 is 0 Å². The Morgan fingerprint density at radius 1 is 1.56 bits per heavy atom. The van der Waals surface area contributed by atoms with Gasteiger partial charge in [0, 0.05) is 0 Å². The molecule has 0 aromatic carbocycles. The van der Waals surface area contributed by atoms with Crippen LogP contribution in [-0.2, 0) is 4.57 Å². The van der Waals surface area contributed by atoms with E-state index < -0.39 is 8.25 Å². The zero-order valence-electron chi connectivity index (χ0n) is 4.46. The van der Waals surface area contributed by atoms with Crippen LogP contribution in [0.25, 0.3) is 0 Å². The molecule has 0 fully saturated rings. The third kappa shape index (κ3) is 151. The summed E-state index contributed by atoms with van der Waals surface area (Å²) >= 11 is 3.79. The van der Waals surface area contributed by atoms with Gasteiger partial charge < -0.3 is 15.3 Å². The van der Waals surface area contributed by atoms with Crippen molar-refractivity contribution in [2.75, 3.05) is 5.75 Å². The average Bonchev–Trinajstić information content (AvgIpc) is 1.33. The molecule has 0 rings (SSSR count). The first kappa shape index (κ1) is 22.5. The van der Waals surface area contributed by atoms with E-state index in [4.69, 9.17) is 14.4 Å². The topological polar surface area (TPSA) is 89.0 Å². The Morgan fingerprint density at radius 2 is 1.56 bits per heavy atom. The summed E-state index contributed by atoms with van der Waals surface area (Å²) in [5.74, 6) is 0.944. The van der Waals surface area contributed by atoms with Crippen molar-refractivity contribution < 1.29 is 19.8 Å². The second kappa shape index (κ2) is 22.5. The molecule has 0 saturated heterocycles. The fourth-order valence-electron chi connectivity index (χ4n) is 0. The van der Waals surface area contributed by atoms with Gasteiger partial charge in [0.25, 0.3) is 0 Å². The van der Waals surface area contributed by atoms with E-state index in [1.165, 1.54) is 0 Å². The Morgan fingerprint density at radius 3 is 1.56 bits per heavy atom. The summed E-state index contributed by atoms with van der Waals surface area (Å²) in [6.07, 6.45) is 0. The Kier molecular flexibility index (Phi) is 56.1. The first-order valence-electron chi connectivity index (χ1n) is 1.67. The summed E-state index contributed by atoms with van der Waals surface area (Å²) < 4.78 is 8.74. The van der Waals surface area contributed by atoms with Crippen molar-refractivity contribution >= 4 is 72.3 Å². The predicted octanol–water partition coefficient (Wildman–Crippen LogP) is -1.18. The van der Waals surface area contributed by atoms with Crippen molar-refractivity contribution in [2.45, 2.75) is 6.92 Å². The van der Waals surface area contributed by atoms with Gasteiger partial charge in [-0.2, -0.15) is 12.6 Å². The monoisotopic (exact) mass is 202 g/mol. The molecule has 0 radical (unpaired) electrons. The van der Waals surface area contributed by atoms with Crippen LogP contribution in [0.15, 0.2) is 0 Å². The van der Waals surface area contributed by atoms with Gasteiger partial charge in [-0.05, 0) is 5.75 Å². The van der Waals surface area contributed by atoms with Gasteiger partial charge in [-0.1, -0.05) is 6.92 Å². The second-order valence-electron chi connectivity index (χ2n) is 0.599. The molecule has 0 aromatic rings. The number of hydrogen-bond donors (Lipinski definition) is 3. The molecule has 0 aromatic heterocycles. The molecular weight excluding hydrogens is 190 g/mol. The van der Waals surface area contributed by atoms with Crippen molar-refractivity contribution in [3.8, 4) is 0 Å². The minimum absolute atomic E-state index is 0. The molecule has 56 valence electrons. The third-order valence-electron chi connectivity index (χ3n) is 0. The van der Waals surface area contributed by atoms with Crippen LogP contribution in [0.2, 0.25) is 0 Å². The average molecular weight is 202 g/mol. The summed E-state index contributed by atoms with van der Waals surface area (Å²) in [7, 11) is -3.13. The summed E-state index contributed by atoms with van der Waals surface area (Å²) in [5.41, 5.74) is 0. The molecule has 0 aliphatic heterocycles. The molecule has 0 aliphatic carbocycles. The molecule has 4 nitrogen and oxygen atoms in total. The molecule has 0 heterocycles. The molecule has 0 atom stereocenters.